The molecule has 0 fully saturated rings. The Bertz CT molecular complexity index is 689. The van der Waals surface area contributed by atoms with Crippen LogP contribution in [0.2, 0.25) is 0 Å². The Labute approximate surface area is 147 Å². The molecular weight excluding hydrogens is 321 g/mol. The van der Waals surface area contributed by atoms with Crippen LogP contribution in [0.25, 0.3) is 0 Å². The predicted molar refractivity (Wildman–Crippen MR) is 97.7 cm³/mol. The van der Waals surface area contributed by atoms with Crippen molar-refractivity contribution in [1.29, 1.82) is 0 Å². The maximum Gasteiger partial charge on any atom is 0.191 e. The highest BCUT2D eigenvalue weighted by Gasteiger charge is 2.07. The van der Waals surface area contributed by atoms with Crippen LogP contribution in [-0.4, -0.2) is 32.8 Å². The highest BCUT2D eigenvalue weighted by Crippen LogP contribution is 2.16. The first-order valence-corrected chi connectivity index (χ1v) is 8.11. The monoisotopic (exact) mass is 345 g/mol. The van der Waals surface area contributed by atoms with Crippen LogP contribution < -0.4 is 20.1 Å². The minimum Gasteiger partial charge on any atom is -0.496 e. The SMILES string of the molecule is CN=C(NCc1ccccc1OC)NCC(C)Oc1ccc(F)cc1. The number of hydrogen-bond donors (Lipinski definition) is 2. The van der Waals surface area contributed by atoms with Gasteiger partial charge in [-0.25, -0.2) is 4.39 Å². The van der Waals surface area contributed by atoms with Crippen molar-refractivity contribution < 1.29 is 13.9 Å². The Morgan fingerprint density at radius 2 is 1.84 bits per heavy atom. The molecule has 0 saturated heterocycles. The molecule has 1 unspecified atom stereocenters. The van der Waals surface area contributed by atoms with Crippen molar-refractivity contribution >= 4 is 5.96 Å². The molecule has 25 heavy (non-hydrogen) atoms. The van der Waals surface area contributed by atoms with Crippen LogP contribution in [0, 0.1) is 5.82 Å². The van der Waals surface area contributed by atoms with Crippen LogP contribution in [0.15, 0.2) is 53.5 Å². The van der Waals surface area contributed by atoms with Crippen LogP contribution in [-0.2, 0) is 6.54 Å². The van der Waals surface area contributed by atoms with Gasteiger partial charge in [-0.15, -0.1) is 0 Å². The zero-order valence-electron chi connectivity index (χ0n) is 14.8. The molecule has 2 aromatic carbocycles. The average Bonchev–Trinajstić information content (AvgIpc) is 2.64. The third kappa shape index (κ3) is 5.99. The molecule has 0 heterocycles. The molecule has 2 rings (SSSR count). The van der Waals surface area contributed by atoms with Gasteiger partial charge in [0.15, 0.2) is 5.96 Å². The number of aliphatic imine (C=N–C) groups is 1. The number of methoxy groups -OCH3 is 1. The molecule has 0 aliphatic carbocycles. The molecule has 2 N–H and O–H groups in total. The zero-order chi connectivity index (χ0) is 18.1. The van der Waals surface area contributed by atoms with Crippen molar-refractivity contribution in [2.75, 3.05) is 20.7 Å². The second-order valence-electron chi connectivity index (χ2n) is 5.50. The number of guanidine groups is 1. The van der Waals surface area contributed by atoms with Gasteiger partial charge in [-0.05, 0) is 37.3 Å². The Balaban J connectivity index is 1.80. The summed E-state index contributed by atoms with van der Waals surface area (Å²) in [5.41, 5.74) is 1.04. The van der Waals surface area contributed by atoms with Gasteiger partial charge in [0.25, 0.3) is 0 Å². The van der Waals surface area contributed by atoms with E-state index >= 15 is 0 Å². The molecule has 0 bridgehead atoms. The van der Waals surface area contributed by atoms with E-state index in [-0.39, 0.29) is 11.9 Å². The summed E-state index contributed by atoms with van der Waals surface area (Å²) in [6.45, 7) is 3.09. The number of nitrogens with zero attached hydrogens (tertiary/aromatic N) is 1. The van der Waals surface area contributed by atoms with Crippen molar-refractivity contribution in [2.24, 2.45) is 4.99 Å². The van der Waals surface area contributed by atoms with Crippen LogP contribution in [0.5, 0.6) is 11.5 Å². The fourth-order valence-electron chi connectivity index (χ4n) is 2.28. The third-order valence-electron chi connectivity index (χ3n) is 3.57. The summed E-state index contributed by atoms with van der Waals surface area (Å²) in [6, 6.07) is 13.8. The zero-order valence-corrected chi connectivity index (χ0v) is 14.8. The van der Waals surface area contributed by atoms with Crippen molar-refractivity contribution in [3.05, 3.63) is 59.9 Å². The van der Waals surface area contributed by atoms with Gasteiger partial charge in [0, 0.05) is 19.2 Å². The number of halogens is 1. The molecule has 6 heteroatoms. The summed E-state index contributed by atoms with van der Waals surface area (Å²) in [5.74, 6) is 1.85. The van der Waals surface area contributed by atoms with E-state index in [1.807, 2.05) is 31.2 Å². The fourth-order valence-corrected chi connectivity index (χ4v) is 2.28. The first-order chi connectivity index (χ1) is 12.1. The lowest BCUT2D eigenvalue weighted by molar-refractivity contribution is 0.223. The van der Waals surface area contributed by atoms with E-state index in [9.17, 15) is 4.39 Å². The number of benzene rings is 2. The quantitative estimate of drug-likeness (QED) is 0.598. The van der Waals surface area contributed by atoms with Gasteiger partial charge in [0.1, 0.15) is 23.4 Å². The summed E-state index contributed by atoms with van der Waals surface area (Å²) in [7, 11) is 3.36. The highest BCUT2D eigenvalue weighted by atomic mass is 19.1. The third-order valence-corrected chi connectivity index (χ3v) is 3.57. The molecule has 134 valence electrons. The molecule has 5 nitrogen and oxygen atoms in total. The molecule has 0 amide bonds. The minimum atomic E-state index is -0.279. The molecular formula is C19H24FN3O2. The lowest BCUT2D eigenvalue weighted by Gasteiger charge is -2.18. The summed E-state index contributed by atoms with van der Waals surface area (Å²) >= 11 is 0. The van der Waals surface area contributed by atoms with E-state index in [2.05, 4.69) is 15.6 Å². The van der Waals surface area contributed by atoms with Crippen molar-refractivity contribution in [2.45, 2.75) is 19.6 Å². The molecule has 0 aliphatic rings. The van der Waals surface area contributed by atoms with Crippen LogP contribution in [0.4, 0.5) is 4.39 Å². The van der Waals surface area contributed by atoms with E-state index in [0.29, 0.717) is 24.8 Å². The Morgan fingerprint density at radius 1 is 1.12 bits per heavy atom. The second-order valence-corrected chi connectivity index (χ2v) is 5.50. The van der Waals surface area contributed by atoms with E-state index in [1.54, 1.807) is 26.3 Å². The van der Waals surface area contributed by atoms with Gasteiger partial charge in [0.2, 0.25) is 0 Å². The van der Waals surface area contributed by atoms with Gasteiger partial charge < -0.3 is 20.1 Å². The van der Waals surface area contributed by atoms with Crippen molar-refractivity contribution in [1.82, 2.24) is 10.6 Å². The Hall–Kier alpha value is -2.76. The maximum absolute atomic E-state index is 12.9. The van der Waals surface area contributed by atoms with Gasteiger partial charge in [-0.1, -0.05) is 18.2 Å². The number of nitrogens with one attached hydrogen (secondary N) is 2. The summed E-state index contributed by atoms with van der Waals surface area (Å²) in [6.07, 6.45) is -0.102. The first-order valence-electron chi connectivity index (χ1n) is 8.11. The van der Waals surface area contributed by atoms with Crippen molar-refractivity contribution in [3.63, 3.8) is 0 Å². The van der Waals surface area contributed by atoms with Crippen molar-refractivity contribution in [3.8, 4) is 11.5 Å². The summed E-state index contributed by atoms with van der Waals surface area (Å²) in [4.78, 5) is 4.20. The Kier molecular flexibility index (Phi) is 7.07. The van der Waals surface area contributed by atoms with Crippen LogP contribution >= 0.6 is 0 Å². The number of para-hydroxylation sites is 1. The lowest BCUT2D eigenvalue weighted by Crippen LogP contribution is -2.41. The molecule has 0 radical (unpaired) electrons. The standard InChI is InChI=1S/C19H24FN3O2/c1-14(25-17-10-8-16(20)9-11-17)12-22-19(21-2)23-13-15-6-4-5-7-18(15)24-3/h4-11,14H,12-13H2,1-3H3,(H2,21,22,23). The van der Waals surface area contributed by atoms with E-state index in [4.69, 9.17) is 9.47 Å². The molecule has 1 atom stereocenters. The smallest absolute Gasteiger partial charge is 0.191 e. The number of ether oxygens (including phenoxy) is 2. The molecule has 2 aromatic rings. The lowest BCUT2D eigenvalue weighted by atomic mass is 10.2. The van der Waals surface area contributed by atoms with E-state index < -0.39 is 0 Å². The van der Waals surface area contributed by atoms with Gasteiger partial charge in [-0.2, -0.15) is 0 Å². The minimum absolute atomic E-state index is 0.102. The number of rotatable bonds is 7. The van der Waals surface area contributed by atoms with Crippen LogP contribution in [0.3, 0.4) is 0 Å². The molecule has 0 spiro atoms. The summed E-state index contributed by atoms with van der Waals surface area (Å²) in [5, 5.41) is 6.45. The predicted octanol–water partition coefficient (Wildman–Crippen LogP) is 2.97. The highest BCUT2D eigenvalue weighted by molar-refractivity contribution is 5.79. The topological polar surface area (TPSA) is 54.9 Å². The normalized spacial score (nSPS) is 12.4. The van der Waals surface area contributed by atoms with Crippen LogP contribution in [0.1, 0.15) is 12.5 Å². The van der Waals surface area contributed by atoms with Gasteiger partial charge in [0.05, 0.1) is 13.7 Å². The number of hydrogen-bond acceptors (Lipinski definition) is 3. The molecule has 0 aliphatic heterocycles. The van der Waals surface area contributed by atoms with E-state index in [0.717, 1.165) is 11.3 Å². The maximum atomic E-state index is 12.9. The van der Waals surface area contributed by atoms with E-state index in [1.165, 1.54) is 12.1 Å². The summed E-state index contributed by atoms with van der Waals surface area (Å²) < 4.78 is 24.0. The fraction of sp³-hybridized carbons (Fsp3) is 0.316. The van der Waals surface area contributed by atoms with Gasteiger partial charge >= 0.3 is 0 Å². The largest absolute Gasteiger partial charge is 0.496 e. The molecule has 0 aromatic heterocycles. The first kappa shape index (κ1) is 18.6. The molecule has 0 saturated carbocycles. The Morgan fingerprint density at radius 3 is 2.52 bits per heavy atom. The average molecular weight is 345 g/mol. The second kappa shape index (κ2) is 9.52. The van der Waals surface area contributed by atoms with Gasteiger partial charge in [-0.3, -0.25) is 4.99 Å².